The maximum Gasteiger partial charge on any atom is 0.343 e. The standard InChI is InChI=1S/C10H20O5S/c1-4-5-6-14-7(2)15-8(3)16-10(13)9(11)12/h7-8,10,13H,4-6H2,1-3H3,(H,11,12). The quantitative estimate of drug-likeness (QED) is 0.480. The summed E-state index contributed by atoms with van der Waals surface area (Å²) in [6.45, 7) is 6.11. The molecule has 0 saturated carbocycles. The number of rotatable bonds is 9. The zero-order valence-electron chi connectivity index (χ0n) is 9.88. The van der Waals surface area contributed by atoms with E-state index in [-0.39, 0.29) is 0 Å². The molecule has 0 aromatic heterocycles. The van der Waals surface area contributed by atoms with Gasteiger partial charge in [0, 0.05) is 6.61 Å². The first-order valence-electron chi connectivity index (χ1n) is 5.30. The molecule has 0 spiro atoms. The van der Waals surface area contributed by atoms with Crippen molar-refractivity contribution in [1.29, 1.82) is 0 Å². The van der Waals surface area contributed by atoms with E-state index in [1.165, 1.54) is 0 Å². The highest BCUT2D eigenvalue weighted by Gasteiger charge is 2.19. The van der Waals surface area contributed by atoms with Crippen LogP contribution in [-0.4, -0.2) is 40.0 Å². The first-order chi connectivity index (χ1) is 7.47. The molecule has 0 aromatic rings. The summed E-state index contributed by atoms with van der Waals surface area (Å²) in [6.07, 6.45) is 1.62. The predicted octanol–water partition coefficient (Wildman–Crippen LogP) is 1.65. The number of hydrogen-bond acceptors (Lipinski definition) is 5. The summed E-state index contributed by atoms with van der Waals surface area (Å²) in [5.74, 6) is -1.26. The molecule has 16 heavy (non-hydrogen) atoms. The van der Waals surface area contributed by atoms with Crippen LogP contribution in [0.25, 0.3) is 0 Å². The number of ether oxygens (including phenoxy) is 2. The molecule has 0 aliphatic carbocycles. The van der Waals surface area contributed by atoms with Crippen molar-refractivity contribution in [3.05, 3.63) is 0 Å². The largest absolute Gasteiger partial charge is 0.479 e. The summed E-state index contributed by atoms with van der Waals surface area (Å²) >= 11 is 0.829. The van der Waals surface area contributed by atoms with Gasteiger partial charge in [-0.1, -0.05) is 25.1 Å². The SMILES string of the molecule is CCCCOC(C)OC(C)SC(O)C(=O)O. The topological polar surface area (TPSA) is 76.0 Å². The molecule has 0 radical (unpaired) electrons. The average Bonchev–Trinajstić information content (AvgIpc) is 2.17. The van der Waals surface area contributed by atoms with Gasteiger partial charge >= 0.3 is 5.97 Å². The van der Waals surface area contributed by atoms with Crippen LogP contribution in [0.5, 0.6) is 0 Å². The molecule has 0 fully saturated rings. The number of hydrogen-bond donors (Lipinski definition) is 2. The first-order valence-corrected chi connectivity index (χ1v) is 6.25. The van der Waals surface area contributed by atoms with Gasteiger partial charge in [-0.05, 0) is 20.3 Å². The Morgan fingerprint density at radius 1 is 1.44 bits per heavy atom. The fraction of sp³-hybridized carbons (Fsp3) is 0.900. The third-order valence-electron chi connectivity index (χ3n) is 1.77. The Hall–Kier alpha value is -0.300. The van der Waals surface area contributed by atoms with Crippen molar-refractivity contribution in [2.24, 2.45) is 0 Å². The lowest BCUT2D eigenvalue weighted by atomic mass is 10.4. The van der Waals surface area contributed by atoms with Gasteiger partial charge in [0.1, 0.15) is 5.44 Å². The van der Waals surface area contributed by atoms with Crippen LogP contribution in [-0.2, 0) is 14.3 Å². The van der Waals surface area contributed by atoms with Crippen molar-refractivity contribution in [3.8, 4) is 0 Å². The second-order valence-electron chi connectivity index (χ2n) is 3.32. The summed E-state index contributed by atoms with van der Waals surface area (Å²) in [4.78, 5) is 10.4. The third-order valence-corrected chi connectivity index (χ3v) is 2.72. The van der Waals surface area contributed by atoms with Gasteiger partial charge in [-0.25, -0.2) is 4.79 Å². The molecule has 96 valence electrons. The van der Waals surface area contributed by atoms with Crippen molar-refractivity contribution in [1.82, 2.24) is 0 Å². The highest BCUT2D eigenvalue weighted by molar-refractivity contribution is 8.00. The van der Waals surface area contributed by atoms with E-state index < -0.39 is 23.1 Å². The average molecular weight is 252 g/mol. The van der Waals surface area contributed by atoms with Crippen LogP contribution in [0, 0.1) is 0 Å². The van der Waals surface area contributed by atoms with Gasteiger partial charge in [-0.2, -0.15) is 0 Å². The lowest BCUT2D eigenvalue weighted by Crippen LogP contribution is -2.23. The number of carboxylic acid groups (broad SMARTS) is 1. The molecule has 3 unspecified atom stereocenters. The highest BCUT2D eigenvalue weighted by atomic mass is 32.2. The minimum atomic E-state index is -1.46. The van der Waals surface area contributed by atoms with Crippen molar-refractivity contribution in [3.63, 3.8) is 0 Å². The normalized spacial score (nSPS) is 16.8. The van der Waals surface area contributed by atoms with Crippen LogP contribution >= 0.6 is 11.8 Å². The predicted molar refractivity (Wildman–Crippen MR) is 62.1 cm³/mol. The Bertz CT molecular complexity index is 200. The van der Waals surface area contributed by atoms with Gasteiger partial charge in [-0.15, -0.1) is 0 Å². The van der Waals surface area contributed by atoms with Crippen LogP contribution in [0.1, 0.15) is 33.6 Å². The van der Waals surface area contributed by atoms with E-state index in [4.69, 9.17) is 19.7 Å². The second kappa shape index (κ2) is 8.81. The summed E-state index contributed by atoms with van der Waals surface area (Å²) in [7, 11) is 0. The fourth-order valence-electron chi connectivity index (χ4n) is 0.975. The van der Waals surface area contributed by atoms with E-state index in [1.54, 1.807) is 13.8 Å². The van der Waals surface area contributed by atoms with Crippen molar-refractivity contribution < 1.29 is 24.5 Å². The highest BCUT2D eigenvalue weighted by Crippen LogP contribution is 2.18. The first kappa shape index (κ1) is 15.7. The van der Waals surface area contributed by atoms with Crippen molar-refractivity contribution in [2.75, 3.05) is 6.61 Å². The smallest absolute Gasteiger partial charge is 0.343 e. The minimum absolute atomic E-state index is 0.393. The molecule has 0 rings (SSSR count). The molecule has 0 heterocycles. The van der Waals surface area contributed by atoms with Gasteiger partial charge < -0.3 is 19.7 Å². The number of carboxylic acids is 1. The van der Waals surface area contributed by atoms with E-state index >= 15 is 0 Å². The summed E-state index contributed by atoms with van der Waals surface area (Å²) in [5, 5.41) is 17.5. The van der Waals surface area contributed by atoms with E-state index in [0.717, 1.165) is 24.6 Å². The monoisotopic (exact) mass is 252 g/mol. The van der Waals surface area contributed by atoms with Crippen LogP contribution < -0.4 is 0 Å². The lowest BCUT2D eigenvalue weighted by molar-refractivity contribution is -0.144. The van der Waals surface area contributed by atoms with E-state index in [0.29, 0.717) is 6.61 Å². The van der Waals surface area contributed by atoms with Gasteiger partial charge in [0.2, 0.25) is 0 Å². The molecule has 0 aliphatic heterocycles. The molecule has 2 N–H and O–H groups in total. The van der Waals surface area contributed by atoms with Gasteiger partial charge in [0.05, 0.1) is 0 Å². The Morgan fingerprint density at radius 3 is 2.56 bits per heavy atom. The lowest BCUT2D eigenvalue weighted by Gasteiger charge is -2.19. The fourth-order valence-corrected chi connectivity index (χ4v) is 1.67. The number of aliphatic carboxylic acids is 1. The molecule has 6 heteroatoms. The van der Waals surface area contributed by atoms with E-state index in [2.05, 4.69) is 6.92 Å². The molecule has 0 aliphatic rings. The zero-order valence-corrected chi connectivity index (χ0v) is 10.7. The minimum Gasteiger partial charge on any atom is -0.479 e. The Labute approximate surface area is 100 Å². The maximum atomic E-state index is 10.4. The number of unbranched alkanes of at least 4 members (excludes halogenated alkanes) is 1. The number of aliphatic hydroxyl groups is 1. The van der Waals surface area contributed by atoms with Gasteiger partial charge in [-0.3, -0.25) is 0 Å². The Morgan fingerprint density at radius 2 is 2.06 bits per heavy atom. The zero-order chi connectivity index (χ0) is 12.6. The van der Waals surface area contributed by atoms with Crippen molar-refractivity contribution >= 4 is 17.7 Å². The van der Waals surface area contributed by atoms with Crippen LogP contribution in [0.4, 0.5) is 0 Å². The molecule has 0 amide bonds. The molecular formula is C10H20O5S. The molecule has 0 aromatic carbocycles. The molecule has 5 nitrogen and oxygen atoms in total. The van der Waals surface area contributed by atoms with Gasteiger partial charge in [0.25, 0.3) is 0 Å². The molecular weight excluding hydrogens is 232 g/mol. The molecule has 0 saturated heterocycles. The Kier molecular flexibility index (Phi) is 8.64. The van der Waals surface area contributed by atoms with Gasteiger partial charge in [0.15, 0.2) is 11.7 Å². The Balaban J connectivity index is 3.68. The van der Waals surface area contributed by atoms with E-state index in [1.807, 2.05) is 0 Å². The maximum absolute atomic E-state index is 10.4. The summed E-state index contributed by atoms with van der Waals surface area (Å²) in [6, 6.07) is 0. The molecule has 3 atom stereocenters. The van der Waals surface area contributed by atoms with Crippen molar-refractivity contribution in [2.45, 2.75) is 50.8 Å². The number of aliphatic hydroxyl groups excluding tert-OH is 1. The number of carbonyl (C=O) groups is 1. The van der Waals surface area contributed by atoms with Crippen LogP contribution in [0.2, 0.25) is 0 Å². The van der Waals surface area contributed by atoms with Crippen LogP contribution in [0.15, 0.2) is 0 Å². The number of thioether (sulfide) groups is 1. The third kappa shape index (κ3) is 7.92. The molecule has 0 bridgehead atoms. The summed E-state index contributed by atoms with van der Waals surface area (Å²) < 4.78 is 10.7. The van der Waals surface area contributed by atoms with Crippen LogP contribution in [0.3, 0.4) is 0 Å². The summed E-state index contributed by atoms with van der Waals surface area (Å²) in [5.41, 5.74) is -1.89. The second-order valence-corrected chi connectivity index (χ2v) is 4.70. The van der Waals surface area contributed by atoms with E-state index in [9.17, 15) is 4.79 Å².